The molecule has 0 aliphatic heterocycles. The molecule has 0 saturated carbocycles. The zero-order chi connectivity index (χ0) is 14.5. The van der Waals surface area contributed by atoms with E-state index < -0.39 is 11.4 Å². The third-order valence-corrected chi connectivity index (χ3v) is 3.73. The number of para-hydroxylation sites is 1. The zero-order valence-corrected chi connectivity index (χ0v) is 11.7. The number of hydrogen-bond donors (Lipinski definition) is 2. The fraction of sp³-hybridized carbons (Fsp3) is 0.467. The van der Waals surface area contributed by atoms with Gasteiger partial charge in [-0.25, -0.2) is 0 Å². The quantitative estimate of drug-likeness (QED) is 0.828. The first kappa shape index (κ1) is 15.2. The van der Waals surface area contributed by atoms with Crippen LogP contribution in [0.3, 0.4) is 0 Å². The van der Waals surface area contributed by atoms with Gasteiger partial charge in [-0.3, -0.25) is 9.59 Å². The summed E-state index contributed by atoms with van der Waals surface area (Å²) in [5.41, 5.74) is 0.732. The highest BCUT2D eigenvalue weighted by Crippen LogP contribution is 2.31. The number of carboxylic acids is 1. The number of benzene rings is 1. The number of aryl methyl sites for hydroxylation is 1. The molecule has 4 nitrogen and oxygen atoms in total. The molecule has 104 valence electrons. The molecule has 0 fully saturated rings. The van der Waals surface area contributed by atoms with Gasteiger partial charge in [-0.05, 0) is 31.4 Å². The van der Waals surface area contributed by atoms with Crippen LogP contribution in [0, 0.1) is 12.3 Å². The van der Waals surface area contributed by atoms with Crippen LogP contribution < -0.4 is 5.32 Å². The molecule has 0 unspecified atom stereocenters. The van der Waals surface area contributed by atoms with Crippen molar-refractivity contribution in [2.75, 3.05) is 5.32 Å². The summed E-state index contributed by atoms with van der Waals surface area (Å²) >= 11 is 0. The second-order valence-corrected chi connectivity index (χ2v) is 4.83. The number of amides is 1. The Balaban J connectivity index is 2.80. The highest BCUT2D eigenvalue weighted by atomic mass is 16.4. The first-order valence-corrected chi connectivity index (χ1v) is 6.54. The summed E-state index contributed by atoms with van der Waals surface area (Å²) in [7, 11) is 0. The number of aliphatic carboxylic acids is 1. The van der Waals surface area contributed by atoms with E-state index in [1.54, 1.807) is 13.8 Å². The lowest BCUT2D eigenvalue weighted by Crippen LogP contribution is -2.34. The van der Waals surface area contributed by atoms with Crippen molar-refractivity contribution < 1.29 is 14.7 Å². The molecule has 1 rings (SSSR count). The van der Waals surface area contributed by atoms with Gasteiger partial charge in [0.25, 0.3) is 0 Å². The molecule has 0 aliphatic rings. The highest BCUT2D eigenvalue weighted by Gasteiger charge is 2.37. The summed E-state index contributed by atoms with van der Waals surface area (Å²) in [4.78, 5) is 23.4. The van der Waals surface area contributed by atoms with Crippen molar-refractivity contribution in [3.8, 4) is 0 Å². The van der Waals surface area contributed by atoms with Crippen LogP contribution in [0.5, 0.6) is 0 Å². The van der Waals surface area contributed by atoms with E-state index in [2.05, 4.69) is 5.32 Å². The van der Waals surface area contributed by atoms with Crippen LogP contribution in [0.1, 0.15) is 38.7 Å². The van der Waals surface area contributed by atoms with Crippen LogP contribution in [0.2, 0.25) is 0 Å². The van der Waals surface area contributed by atoms with E-state index in [9.17, 15) is 14.7 Å². The second kappa shape index (κ2) is 6.36. The lowest BCUT2D eigenvalue weighted by Gasteiger charge is -2.26. The predicted molar refractivity (Wildman–Crippen MR) is 75.1 cm³/mol. The second-order valence-electron chi connectivity index (χ2n) is 4.83. The van der Waals surface area contributed by atoms with Crippen molar-refractivity contribution in [2.24, 2.45) is 5.41 Å². The minimum atomic E-state index is -0.966. The van der Waals surface area contributed by atoms with Crippen molar-refractivity contribution in [3.05, 3.63) is 29.8 Å². The van der Waals surface area contributed by atoms with Crippen LogP contribution in [-0.2, 0) is 9.59 Å². The molecule has 4 heteroatoms. The minimum Gasteiger partial charge on any atom is -0.481 e. The van der Waals surface area contributed by atoms with Gasteiger partial charge in [-0.2, -0.15) is 0 Å². The summed E-state index contributed by atoms with van der Waals surface area (Å²) in [6.45, 7) is 5.51. The lowest BCUT2D eigenvalue weighted by atomic mass is 9.79. The number of carbonyl (C=O) groups excluding carboxylic acids is 1. The lowest BCUT2D eigenvalue weighted by molar-refractivity contribution is -0.151. The van der Waals surface area contributed by atoms with Crippen molar-refractivity contribution >= 4 is 17.6 Å². The molecule has 0 spiro atoms. The molecule has 1 aromatic carbocycles. The average molecular weight is 263 g/mol. The first-order chi connectivity index (χ1) is 8.95. The van der Waals surface area contributed by atoms with Crippen molar-refractivity contribution in [1.82, 2.24) is 0 Å². The van der Waals surface area contributed by atoms with E-state index in [0.29, 0.717) is 12.8 Å². The maximum Gasteiger partial charge on any atom is 0.310 e. The maximum absolute atomic E-state index is 12.0. The zero-order valence-electron chi connectivity index (χ0n) is 11.7. The number of hydrogen-bond acceptors (Lipinski definition) is 2. The van der Waals surface area contributed by atoms with E-state index in [0.717, 1.165) is 11.3 Å². The molecular weight excluding hydrogens is 242 g/mol. The van der Waals surface area contributed by atoms with Gasteiger partial charge in [-0.15, -0.1) is 0 Å². The molecule has 0 aliphatic carbocycles. The molecule has 19 heavy (non-hydrogen) atoms. The molecule has 0 radical (unpaired) electrons. The summed E-state index contributed by atoms with van der Waals surface area (Å²) in [5, 5.41) is 12.1. The Hall–Kier alpha value is -1.84. The van der Waals surface area contributed by atoms with Gasteiger partial charge in [0, 0.05) is 12.1 Å². The number of nitrogens with one attached hydrogen (secondary N) is 1. The van der Waals surface area contributed by atoms with Crippen LogP contribution >= 0.6 is 0 Å². The molecule has 0 atom stereocenters. The van der Waals surface area contributed by atoms with E-state index in [-0.39, 0.29) is 12.3 Å². The average Bonchev–Trinajstić information content (AvgIpc) is 2.38. The monoisotopic (exact) mass is 263 g/mol. The van der Waals surface area contributed by atoms with Gasteiger partial charge in [0.2, 0.25) is 5.91 Å². The Morgan fingerprint density at radius 1 is 1.21 bits per heavy atom. The topological polar surface area (TPSA) is 66.4 Å². The number of carboxylic acid groups (broad SMARTS) is 1. The molecule has 0 saturated heterocycles. The molecule has 1 aromatic rings. The Kier molecular flexibility index (Phi) is 5.10. The summed E-state index contributed by atoms with van der Waals surface area (Å²) < 4.78 is 0. The van der Waals surface area contributed by atoms with Crippen LogP contribution in [0.4, 0.5) is 5.69 Å². The first-order valence-electron chi connectivity index (χ1n) is 6.54. The third-order valence-electron chi connectivity index (χ3n) is 3.73. The van der Waals surface area contributed by atoms with Gasteiger partial charge in [0.1, 0.15) is 0 Å². The molecule has 0 bridgehead atoms. The predicted octanol–water partition coefficient (Wildman–Crippen LogP) is 3.21. The van der Waals surface area contributed by atoms with Crippen LogP contribution in [-0.4, -0.2) is 17.0 Å². The van der Waals surface area contributed by atoms with E-state index in [4.69, 9.17) is 0 Å². The third kappa shape index (κ3) is 3.56. The maximum atomic E-state index is 12.0. The van der Waals surface area contributed by atoms with E-state index >= 15 is 0 Å². The van der Waals surface area contributed by atoms with E-state index in [1.165, 1.54) is 0 Å². The summed E-state index contributed by atoms with van der Waals surface area (Å²) in [5.74, 6) is -1.15. The molecule has 2 N–H and O–H groups in total. The summed E-state index contributed by atoms with van der Waals surface area (Å²) in [6.07, 6.45) is 0.893. The molecule has 0 heterocycles. The van der Waals surface area contributed by atoms with Crippen LogP contribution in [0.25, 0.3) is 0 Å². The van der Waals surface area contributed by atoms with Gasteiger partial charge < -0.3 is 10.4 Å². The number of rotatable bonds is 6. The van der Waals surface area contributed by atoms with Gasteiger partial charge in [-0.1, -0.05) is 32.0 Å². The van der Waals surface area contributed by atoms with Crippen LogP contribution in [0.15, 0.2) is 24.3 Å². The Morgan fingerprint density at radius 3 is 2.26 bits per heavy atom. The van der Waals surface area contributed by atoms with Crippen molar-refractivity contribution in [2.45, 2.75) is 40.0 Å². The van der Waals surface area contributed by atoms with Gasteiger partial charge in [0.15, 0.2) is 0 Å². The standard InChI is InChI=1S/C15H21NO3/c1-4-15(5-2,14(18)19)10-13(17)16-12-9-7-6-8-11(12)3/h6-9H,4-5,10H2,1-3H3,(H,16,17)(H,18,19). The van der Waals surface area contributed by atoms with Gasteiger partial charge >= 0.3 is 5.97 Å². The molecule has 0 aromatic heterocycles. The van der Waals surface area contributed by atoms with Crippen molar-refractivity contribution in [3.63, 3.8) is 0 Å². The fourth-order valence-corrected chi connectivity index (χ4v) is 2.09. The summed E-state index contributed by atoms with van der Waals surface area (Å²) in [6, 6.07) is 7.45. The van der Waals surface area contributed by atoms with Crippen molar-refractivity contribution in [1.29, 1.82) is 0 Å². The largest absolute Gasteiger partial charge is 0.481 e. The Labute approximate surface area is 113 Å². The Bertz CT molecular complexity index is 464. The minimum absolute atomic E-state index is 0.00364. The van der Waals surface area contributed by atoms with Gasteiger partial charge in [0.05, 0.1) is 5.41 Å². The number of carbonyl (C=O) groups is 2. The highest BCUT2D eigenvalue weighted by molar-refractivity contribution is 5.94. The van der Waals surface area contributed by atoms with E-state index in [1.807, 2.05) is 31.2 Å². The Morgan fingerprint density at radius 2 is 1.79 bits per heavy atom. The molecule has 1 amide bonds. The SMILES string of the molecule is CCC(CC)(CC(=O)Nc1ccccc1C)C(=O)O. The normalized spacial score (nSPS) is 11.1. The molecular formula is C15H21NO3. The number of anilines is 1. The smallest absolute Gasteiger partial charge is 0.310 e. The fourth-order valence-electron chi connectivity index (χ4n) is 2.09.